The Labute approximate surface area is 174 Å². The molecule has 2 aromatic rings. The predicted octanol–water partition coefficient (Wildman–Crippen LogP) is 2.64. The Morgan fingerprint density at radius 3 is 2.80 bits per heavy atom. The zero-order chi connectivity index (χ0) is 21.8. The van der Waals surface area contributed by atoms with Gasteiger partial charge in [-0.1, -0.05) is 0 Å². The molecule has 0 bridgehead atoms. The molecule has 1 aromatic heterocycles. The van der Waals surface area contributed by atoms with Crippen molar-refractivity contribution in [2.75, 3.05) is 18.9 Å². The molecule has 8 heteroatoms. The Kier molecular flexibility index (Phi) is 6.47. The third kappa shape index (κ3) is 4.49. The first kappa shape index (κ1) is 21.4. The number of ketones is 1. The number of hydrogen-bond donors (Lipinski definition) is 4. The Bertz CT molecular complexity index is 1030. The zero-order valence-corrected chi connectivity index (χ0v) is 17.2. The van der Waals surface area contributed by atoms with Crippen molar-refractivity contribution in [1.29, 1.82) is 0 Å². The van der Waals surface area contributed by atoms with Crippen molar-refractivity contribution in [2.24, 2.45) is 0 Å². The fraction of sp³-hybridized carbons (Fsp3) is 0.318. The van der Waals surface area contributed by atoms with Gasteiger partial charge in [0, 0.05) is 36.1 Å². The number of likely N-dealkylation sites (N-methyl/N-ethyl adjacent to an activating group) is 1. The summed E-state index contributed by atoms with van der Waals surface area (Å²) in [7, 11) is 1.73. The Morgan fingerprint density at radius 2 is 2.07 bits per heavy atom. The fourth-order valence-electron chi connectivity index (χ4n) is 3.28. The van der Waals surface area contributed by atoms with E-state index in [1.807, 2.05) is 0 Å². The second kappa shape index (κ2) is 9.04. The van der Waals surface area contributed by atoms with E-state index in [4.69, 9.17) is 0 Å². The monoisotopic (exact) mass is 412 g/mol. The number of hydrogen-bond acceptors (Lipinski definition) is 4. The van der Waals surface area contributed by atoms with Gasteiger partial charge in [0.25, 0.3) is 11.8 Å². The minimum atomic E-state index is -0.429. The molecule has 1 aliphatic heterocycles. The first-order chi connectivity index (χ1) is 14.3. The number of rotatable bonds is 8. The second-order valence-corrected chi connectivity index (χ2v) is 7.28. The van der Waals surface area contributed by atoms with E-state index in [-0.39, 0.29) is 23.6 Å². The molecule has 1 aromatic carbocycles. The average molecular weight is 412 g/mol. The van der Waals surface area contributed by atoms with Gasteiger partial charge < -0.3 is 20.9 Å². The van der Waals surface area contributed by atoms with E-state index in [2.05, 4.69) is 20.9 Å². The highest BCUT2D eigenvalue weighted by atomic mass is 19.1. The lowest BCUT2D eigenvalue weighted by molar-refractivity contribution is -0.120. The summed E-state index contributed by atoms with van der Waals surface area (Å²) in [6.07, 6.45) is 4.13. The number of anilines is 1. The lowest BCUT2D eigenvalue weighted by Gasteiger charge is -2.09. The van der Waals surface area contributed by atoms with Crippen molar-refractivity contribution >= 4 is 34.9 Å². The van der Waals surface area contributed by atoms with E-state index in [1.54, 1.807) is 33.2 Å². The summed E-state index contributed by atoms with van der Waals surface area (Å²) in [5.41, 5.74) is 3.10. The summed E-state index contributed by atoms with van der Waals surface area (Å²) < 4.78 is 13.6. The van der Waals surface area contributed by atoms with E-state index < -0.39 is 5.82 Å². The average Bonchev–Trinajstić information content (AvgIpc) is 3.24. The highest BCUT2D eigenvalue weighted by Gasteiger charge is 2.25. The van der Waals surface area contributed by atoms with Crippen molar-refractivity contribution < 1.29 is 18.8 Å². The van der Waals surface area contributed by atoms with Gasteiger partial charge in [0.05, 0.1) is 17.2 Å². The molecule has 7 nitrogen and oxygen atoms in total. The van der Waals surface area contributed by atoms with Crippen molar-refractivity contribution in [2.45, 2.75) is 32.7 Å². The molecule has 3 rings (SSSR count). The highest BCUT2D eigenvalue weighted by Crippen LogP contribution is 2.34. The summed E-state index contributed by atoms with van der Waals surface area (Å²) in [6, 6.07) is 3.92. The summed E-state index contributed by atoms with van der Waals surface area (Å²) in [4.78, 5) is 39.6. The van der Waals surface area contributed by atoms with Crippen molar-refractivity contribution in [3.8, 4) is 0 Å². The van der Waals surface area contributed by atoms with E-state index in [0.29, 0.717) is 53.0 Å². The van der Waals surface area contributed by atoms with Gasteiger partial charge in [-0.3, -0.25) is 14.4 Å². The number of amides is 2. The second-order valence-electron chi connectivity index (χ2n) is 7.28. The van der Waals surface area contributed by atoms with Crippen molar-refractivity contribution in [1.82, 2.24) is 15.6 Å². The van der Waals surface area contributed by atoms with Gasteiger partial charge in [-0.2, -0.15) is 0 Å². The molecule has 0 radical (unpaired) electrons. The SMILES string of the molecule is CN[C@@H](C)C(=O)CCCNC(=O)c1c[nH]c(/C=C2\C(=O)Nc3ccc(F)cc32)c1C. The van der Waals surface area contributed by atoms with Gasteiger partial charge in [-0.05, 0) is 57.2 Å². The Morgan fingerprint density at radius 1 is 1.30 bits per heavy atom. The number of halogens is 1. The topological polar surface area (TPSA) is 103 Å². The zero-order valence-electron chi connectivity index (χ0n) is 17.2. The molecule has 0 saturated heterocycles. The number of aromatic amines is 1. The normalized spacial score (nSPS) is 15.1. The lowest BCUT2D eigenvalue weighted by atomic mass is 10.0. The first-order valence-corrected chi connectivity index (χ1v) is 9.81. The summed E-state index contributed by atoms with van der Waals surface area (Å²) in [5, 5.41) is 8.41. The van der Waals surface area contributed by atoms with Gasteiger partial charge in [0.15, 0.2) is 0 Å². The van der Waals surface area contributed by atoms with Crippen LogP contribution in [0.5, 0.6) is 0 Å². The number of fused-ring (bicyclic) bond motifs is 1. The van der Waals surface area contributed by atoms with Crippen LogP contribution in [-0.4, -0.2) is 42.2 Å². The molecule has 1 aliphatic rings. The van der Waals surface area contributed by atoms with Gasteiger partial charge in [0.2, 0.25) is 0 Å². The van der Waals surface area contributed by atoms with Crippen LogP contribution in [0, 0.1) is 12.7 Å². The maximum atomic E-state index is 13.6. The van der Waals surface area contributed by atoms with Crippen molar-refractivity contribution in [3.63, 3.8) is 0 Å². The molecule has 0 spiro atoms. The number of benzene rings is 1. The molecule has 158 valence electrons. The minimum absolute atomic E-state index is 0.102. The van der Waals surface area contributed by atoms with Crippen LogP contribution in [0.1, 0.15) is 46.9 Å². The molecule has 0 unspecified atom stereocenters. The molecular weight excluding hydrogens is 387 g/mol. The number of carbonyl (C=O) groups excluding carboxylic acids is 3. The molecular formula is C22H25FN4O3. The molecule has 0 saturated carbocycles. The van der Waals surface area contributed by atoms with Crippen LogP contribution in [0.4, 0.5) is 10.1 Å². The van der Waals surface area contributed by atoms with Crippen LogP contribution in [0.15, 0.2) is 24.4 Å². The summed E-state index contributed by atoms with van der Waals surface area (Å²) in [6.45, 7) is 3.96. The molecule has 2 amide bonds. The smallest absolute Gasteiger partial charge is 0.256 e. The molecule has 2 heterocycles. The summed E-state index contributed by atoms with van der Waals surface area (Å²) >= 11 is 0. The Hall–Kier alpha value is -3.26. The molecule has 0 fully saturated rings. The van der Waals surface area contributed by atoms with Gasteiger partial charge in [0.1, 0.15) is 11.6 Å². The van der Waals surface area contributed by atoms with E-state index in [9.17, 15) is 18.8 Å². The number of aromatic nitrogens is 1. The maximum Gasteiger partial charge on any atom is 0.256 e. The van der Waals surface area contributed by atoms with Crippen LogP contribution in [-0.2, 0) is 9.59 Å². The number of carbonyl (C=O) groups is 3. The van der Waals surface area contributed by atoms with E-state index in [0.717, 1.165) is 0 Å². The van der Waals surface area contributed by atoms with Crippen LogP contribution in [0.3, 0.4) is 0 Å². The molecule has 0 aliphatic carbocycles. The van der Waals surface area contributed by atoms with Crippen LogP contribution >= 0.6 is 0 Å². The fourth-order valence-corrected chi connectivity index (χ4v) is 3.28. The Balaban J connectivity index is 1.67. The van der Waals surface area contributed by atoms with Crippen LogP contribution < -0.4 is 16.0 Å². The quantitative estimate of drug-likeness (QED) is 0.395. The van der Waals surface area contributed by atoms with Crippen LogP contribution in [0.25, 0.3) is 11.6 Å². The van der Waals surface area contributed by atoms with Gasteiger partial charge in [-0.25, -0.2) is 4.39 Å². The van der Waals surface area contributed by atoms with E-state index in [1.165, 1.54) is 18.2 Å². The number of H-pyrrole nitrogens is 1. The molecule has 1 atom stereocenters. The predicted molar refractivity (Wildman–Crippen MR) is 114 cm³/mol. The largest absolute Gasteiger partial charge is 0.361 e. The highest BCUT2D eigenvalue weighted by molar-refractivity contribution is 6.34. The minimum Gasteiger partial charge on any atom is -0.361 e. The molecule has 30 heavy (non-hydrogen) atoms. The summed E-state index contributed by atoms with van der Waals surface area (Å²) in [5.74, 6) is -0.909. The third-order valence-electron chi connectivity index (χ3n) is 5.28. The van der Waals surface area contributed by atoms with Gasteiger partial charge >= 0.3 is 0 Å². The van der Waals surface area contributed by atoms with Gasteiger partial charge in [-0.15, -0.1) is 0 Å². The van der Waals surface area contributed by atoms with E-state index >= 15 is 0 Å². The standard InChI is InChI=1S/C22H25FN4O3/c1-12-17(21(29)25-8-4-5-20(28)13(2)24-3)11-26-19(12)10-16-15-9-14(23)6-7-18(15)27-22(16)30/h6-7,9-11,13,24,26H,4-5,8H2,1-3H3,(H,25,29)(H,27,30)/b16-10-/t13-/m0/s1. The number of nitrogens with one attached hydrogen (secondary N) is 4. The lowest BCUT2D eigenvalue weighted by Crippen LogP contribution is -2.31. The number of Topliss-reactive ketones (excluding diaryl/α,β-unsaturated/α-hetero) is 1. The van der Waals surface area contributed by atoms with Crippen LogP contribution in [0.2, 0.25) is 0 Å². The molecule has 4 N–H and O–H groups in total. The third-order valence-corrected chi connectivity index (χ3v) is 5.28. The maximum absolute atomic E-state index is 13.6. The first-order valence-electron chi connectivity index (χ1n) is 9.81. The van der Waals surface area contributed by atoms with Crippen molar-refractivity contribution in [3.05, 3.63) is 52.6 Å².